The lowest BCUT2D eigenvalue weighted by Gasteiger charge is -2.23. The van der Waals surface area contributed by atoms with E-state index in [1.807, 2.05) is 0 Å². The highest BCUT2D eigenvalue weighted by molar-refractivity contribution is 7.92. The van der Waals surface area contributed by atoms with Gasteiger partial charge in [-0.05, 0) is 32.0 Å². The molecule has 0 atom stereocenters. The van der Waals surface area contributed by atoms with Crippen LogP contribution in [0.25, 0.3) is 0 Å². The van der Waals surface area contributed by atoms with Crippen LogP contribution in [0.5, 0.6) is 0 Å². The van der Waals surface area contributed by atoms with Crippen molar-refractivity contribution in [2.24, 2.45) is 0 Å². The molecule has 3 nitrogen and oxygen atoms in total. The molecule has 0 spiro atoms. The van der Waals surface area contributed by atoms with Gasteiger partial charge in [-0.3, -0.25) is 0 Å². The van der Waals surface area contributed by atoms with Gasteiger partial charge < -0.3 is 5.32 Å². The Kier molecular flexibility index (Phi) is 4.38. The Balaban J connectivity index is 2.91. The van der Waals surface area contributed by atoms with E-state index in [0.29, 0.717) is 6.07 Å². The lowest BCUT2D eigenvalue weighted by molar-refractivity contribution is -0.137. The van der Waals surface area contributed by atoms with Crippen LogP contribution in [0, 0.1) is 5.82 Å². The summed E-state index contributed by atoms with van der Waals surface area (Å²) in [6, 6.07) is 2.05. The van der Waals surface area contributed by atoms with Crippen LogP contribution in [0.15, 0.2) is 18.2 Å². The van der Waals surface area contributed by atoms with Gasteiger partial charge in [0.15, 0.2) is 9.84 Å². The minimum Gasteiger partial charge on any atom is -0.381 e. The van der Waals surface area contributed by atoms with E-state index in [1.54, 1.807) is 0 Å². The molecule has 1 N–H and O–H groups in total. The molecule has 20 heavy (non-hydrogen) atoms. The first kappa shape index (κ1) is 16.7. The molecule has 114 valence electrons. The number of hydrogen-bond acceptors (Lipinski definition) is 3. The van der Waals surface area contributed by atoms with Crippen molar-refractivity contribution in [3.8, 4) is 0 Å². The molecule has 1 aromatic rings. The average Bonchev–Trinajstić information content (AvgIpc) is 2.24. The first-order chi connectivity index (χ1) is 8.84. The Hall–Kier alpha value is -1.31. The number of alkyl halides is 3. The number of hydrogen-bond donors (Lipinski definition) is 1. The quantitative estimate of drug-likeness (QED) is 0.869. The van der Waals surface area contributed by atoms with Crippen LogP contribution in [0.1, 0.15) is 19.4 Å². The van der Waals surface area contributed by atoms with Gasteiger partial charge in [-0.15, -0.1) is 0 Å². The zero-order chi connectivity index (χ0) is 15.8. The van der Waals surface area contributed by atoms with Gasteiger partial charge >= 0.3 is 6.18 Å². The summed E-state index contributed by atoms with van der Waals surface area (Å²) in [4.78, 5) is 0. The largest absolute Gasteiger partial charge is 0.416 e. The van der Waals surface area contributed by atoms with Crippen LogP contribution in [-0.2, 0) is 16.0 Å². The molecule has 0 unspecified atom stereocenters. The monoisotopic (exact) mass is 313 g/mol. The van der Waals surface area contributed by atoms with Crippen molar-refractivity contribution in [3.63, 3.8) is 0 Å². The highest BCUT2D eigenvalue weighted by Gasteiger charge is 2.32. The first-order valence-corrected chi connectivity index (χ1v) is 7.54. The van der Waals surface area contributed by atoms with Crippen LogP contribution >= 0.6 is 0 Å². The third-order valence-electron chi connectivity index (χ3n) is 3.00. The summed E-state index contributed by atoms with van der Waals surface area (Å²) in [6.45, 7) is 2.77. The highest BCUT2D eigenvalue weighted by atomic mass is 32.2. The predicted octanol–water partition coefficient (Wildman–Crippen LogP) is 3.08. The van der Waals surface area contributed by atoms with E-state index < -0.39 is 32.1 Å². The van der Waals surface area contributed by atoms with Crippen LogP contribution in [0.4, 0.5) is 23.2 Å². The van der Waals surface area contributed by atoms with Crippen molar-refractivity contribution in [2.75, 3.05) is 18.1 Å². The molecule has 0 aromatic heterocycles. The van der Waals surface area contributed by atoms with Crippen molar-refractivity contribution in [1.82, 2.24) is 0 Å². The van der Waals surface area contributed by atoms with Gasteiger partial charge in [0.25, 0.3) is 0 Å². The summed E-state index contributed by atoms with van der Waals surface area (Å²) in [5.41, 5.74) is -1.27. The van der Waals surface area contributed by atoms with Crippen LogP contribution < -0.4 is 5.32 Å². The Morgan fingerprint density at radius 3 is 2.15 bits per heavy atom. The molecular formula is C12H15F4NO2S. The number of halogens is 4. The fourth-order valence-electron chi connectivity index (χ4n) is 1.27. The van der Waals surface area contributed by atoms with E-state index in [2.05, 4.69) is 5.32 Å². The van der Waals surface area contributed by atoms with Gasteiger partial charge in [0, 0.05) is 12.8 Å². The van der Waals surface area contributed by atoms with Crippen molar-refractivity contribution in [1.29, 1.82) is 0 Å². The van der Waals surface area contributed by atoms with E-state index in [9.17, 15) is 26.0 Å². The topological polar surface area (TPSA) is 46.2 Å². The molecule has 0 saturated carbocycles. The average molecular weight is 313 g/mol. The fraction of sp³-hybridized carbons (Fsp3) is 0.500. The second-order valence-corrected chi connectivity index (χ2v) is 7.73. The molecule has 0 amide bonds. The smallest absolute Gasteiger partial charge is 0.381 e. The highest BCUT2D eigenvalue weighted by Crippen LogP contribution is 2.31. The predicted molar refractivity (Wildman–Crippen MR) is 68.8 cm³/mol. The molecule has 0 aliphatic carbocycles. The number of anilines is 1. The fourth-order valence-corrected chi connectivity index (χ4v) is 1.61. The number of rotatable bonds is 4. The van der Waals surface area contributed by atoms with Crippen molar-refractivity contribution >= 4 is 15.5 Å². The summed E-state index contributed by atoms with van der Waals surface area (Å²) >= 11 is 0. The zero-order valence-electron chi connectivity index (χ0n) is 11.2. The van der Waals surface area contributed by atoms with Gasteiger partial charge in [-0.2, -0.15) is 13.2 Å². The molecule has 1 rings (SSSR count). The summed E-state index contributed by atoms with van der Waals surface area (Å²) in [5, 5.41) is 2.52. The van der Waals surface area contributed by atoms with E-state index in [4.69, 9.17) is 0 Å². The standard InChI is InChI=1S/C12H15F4NO2S/c1-11(2,20(3,18)19)7-17-10-5-4-8(6-9(10)13)12(14,15)16/h4-6,17H,7H2,1-3H3. The van der Waals surface area contributed by atoms with Crippen LogP contribution in [-0.4, -0.2) is 26.0 Å². The molecule has 8 heteroatoms. The zero-order valence-corrected chi connectivity index (χ0v) is 12.0. The van der Waals surface area contributed by atoms with Gasteiger partial charge in [0.05, 0.1) is 16.0 Å². The van der Waals surface area contributed by atoms with Gasteiger partial charge in [-0.1, -0.05) is 0 Å². The summed E-state index contributed by atoms with van der Waals surface area (Å²) < 4.78 is 72.4. The Morgan fingerprint density at radius 1 is 1.20 bits per heavy atom. The lowest BCUT2D eigenvalue weighted by atomic mass is 10.1. The normalized spacial score (nSPS) is 13.3. The van der Waals surface area contributed by atoms with Crippen molar-refractivity contribution in [2.45, 2.75) is 24.8 Å². The molecule has 0 aliphatic heterocycles. The lowest BCUT2D eigenvalue weighted by Crippen LogP contribution is -2.38. The molecular weight excluding hydrogens is 298 g/mol. The summed E-state index contributed by atoms with van der Waals surface area (Å²) in [5.74, 6) is -1.08. The van der Waals surface area contributed by atoms with E-state index in [1.165, 1.54) is 13.8 Å². The molecule has 0 aliphatic rings. The molecule has 1 aromatic carbocycles. The van der Waals surface area contributed by atoms with Crippen LogP contribution in [0.2, 0.25) is 0 Å². The Morgan fingerprint density at radius 2 is 1.75 bits per heavy atom. The number of nitrogens with one attached hydrogen (secondary N) is 1. The van der Waals surface area contributed by atoms with Gasteiger partial charge in [0.2, 0.25) is 0 Å². The minimum atomic E-state index is -4.62. The van der Waals surface area contributed by atoms with Crippen molar-refractivity contribution in [3.05, 3.63) is 29.6 Å². The maximum atomic E-state index is 13.5. The second kappa shape index (κ2) is 5.23. The van der Waals surface area contributed by atoms with E-state index >= 15 is 0 Å². The van der Waals surface area contributed by atoms with E-state index in [-0.39, 0.29) is 12.2 Å². The number of benzene rings is 1. The van der Waals surface area contributed by atoms with Gasteiger partial charge in [-0.25, -0.2) is 12.8 Å². The maximum Gasteiger partial charge on any atom is 0.416 e. The first-order valence-electron chi connectivity index (χ1n) is 5.65. The van der Waals surface area contributed by atoms with Crippen LogP contribution in [0.3, 0.4) is 0 Å². The summed E-state index contributed by atoms with van der Waals surface area (Å²) in [7, 11) is -3.38. The van der Waals surface area contributed by atoms with Crippen molar-refractivity contribution < 1.29 is 26.0 Å². The molecule has 0 saturated heterocycles. The SMILES string of the molecule is CC(C)(CNc1ccc(C(F)(F)F)cc1F)S(C)(=O)=O. The number of sulfone groups is 1. The molecule has 0 fully saturated rings. The molecule has 0 radical (unpaired) electrons. The minimum absolute atomic E-state index is 0.117. The third kappa shape index (κ3) is 3.84. The Bertz CT molecular complexity index is 594. The summed E-state index contributed by atoms with van der Waals surface area (Å²) in [6.07, 6.45) is -3.58. The van der Waals surface area contributed by atoms with E-state index in [0.717, 1.165) is 18.4 Å². The Labute approximate surface area is 114 Å². The van der Waals surface area contributed by atoms with Gasteiger partial charge in [0.1, 0.15) is 5.82 Å². The second-order valence-electron chi connectivity index (χ2n) is 5.08. The molecule has 0 heterocycles. The maximum absolute atomic E-state index is 13.5. The molecule has 0 bridgehead atoms. The third-order valence-corrected chi connectivity index (χ3v) is 5.16.